The van der Waals surface area contributed by atoms with Gasteiger partial charge in [-0.25, -0.2) is 4.39 Å². The highest BCUT2D eigenvalue weighted by molar-refractivity contribution is 5.67. The Kier molecular flexibility index (Phi) is 7.30. The minimum atomic E-state index is -0.916. The van der Waals surface area contributed by atoms with Gasteiger partial charge in [-0.05, 0) is 79.3 Å². The molecule has 5 nitrogen and oxygen atoms in total. The van der Waals surface area contributed by atoms with Gasteiger partial charge in [0.1, 0.15) is 5.82 Å². The normalized spacial score (nSPS) is 16.6. The van der Waals surface area contributed by atoms with E-state index in [9.17, 15) is 9.18 Å². The summed E-state index contributed by atoms with van der Waals surface area (Å²) in [6.45, 7) is 6.77. The molecule has 4 rings (SSSR count). The third-order valence-electron chi connectivity index (χ3n) is 6.78. The van der Waals surface area contributed by atoms with E-state index in [4.69, 9.17) is 9.84 Å². The number of anilines is 2. The number of carboxylic acids is 1. The second kappa shape index (κ2) is 10.3. The number of aryl methyl sites for hydroxylation is 2. The van der Waals surface area contributed by atoms with Crippen LogP contribution in [0.2, 0.25) is 0 Å². The number of carbonyl (C=O) groups is 1. The maximum atomic E-state index is 14.4. The fourth-order valence-corrected chi connectivity index (χ4v) is 4.93. The molecule has 0 bridgehead atoms. The first-order valence-electron chi connectivity index (χ1n) is 11.7. The van der Waals surface area contributed by atoms with Crippen LogP contribution in [0, 0.1) is 18.7 Å². The maximum absolute atomic E-state index is 14.4. The number of ether oxygens (including phenoxy) is 1. The number of nitrogens with zero attached hydrogens (tertiary/aromatic N) is 1. The van der Waals surface area contributed by atoms with E-state index in [2.05, 4.69) is 29.3 Å². The third kappa shape index (κ3) is 5.41. The van der Waals surface area contributed by atoms with Crippen LogP contribution in [0.25, 0.3) is 0 Å². The van der Waals surface area contributed by atoms with Gasteiger partial charge < -0.3 is 20.1 Å². The van der Waals surface area contributed by atoms with Crippen LogP contribution in [0.1, 0.15) is 47.9 Å². The van der Waals surface area contributed by atoms with Crippen molar-refractivity contribution in [1.29, 1.82) is 0 Å². The molecule has 32 heavy (non-hydrogen) atoms. The summed E-state index contributed by atoms with van der Waals surface area (Å²) in [6.07, 6.45) is 4.73. The number of hydrogen-bond acceptors (Lipinski definition) is 4. The lowest BCUT2D eigenvalue weighted by Crippen LogP contribution is -2.36. The van der Waals surface area contributed by atoms with Gasteiger partial charge in [0.2, 0.25) is 0 Å². The SMILES string of the molecule is Cc1c(CNc2ccc(CCC(=O)O)c(F)c2)ccc2c1N(CC1CCOCC1)CCC2. The van der Waals surface area contributed by atoms with Crippen molar-refractivity contribution in [2.24, 2.45) is 5.92 Å². The summed E-state index contributed by atoms with van der Waals surface area (Å²) < 4.78 is 19.9. The lowest BCUT2D eigenvalue weighted by molar-refractivity contribution is -0.136. The molecule has 2 heterocycles. The van der Waals surface area contributed by atoms with Crippen LogP contribution in [0.3, 0.4) is 0 Å². The first-order chi connectivity index (χ1) is 15.5. The molecule has 1 saturated heterocycles. The van der Waals surface area contributed by atoms with E-state index >= 15 is 0 Å². The molecule has 2 N–H and O–H groups in total. The highest BCUT2D eigenvalue weighted by atomic mass is 19.1. The van der Waals surface area contributed by atoms with Crippen molar-refractivity contribution < 1.29 is 19.0 Å². The van der Waals surface area contributed by atoms with Crippen LogP contribution in [0.4, 0.5) is 15.8 Å². The monoisotopic (exact) mass is 440 g/mol. The van der Waals surface area contributed by atoms with Crippen molar-refractivity contribution in [3.8, 4) is 0 Å². The number of carboxylic acid groups (broad SMARTS) is 1. The van der Waals surface area contributed by atoms with Crippen molar-refractivity contribution in [2.45, 2.75) is 52.0 Å². The van der Waals surface area contributed by atoms with E-state index < -0.39 is 5.97 Å². The average molecular weight is 441 g/mol. The molecule has 2 aromatic carbocycles. The second-order valence-corrected chi connectivity index (χ2v) is 9.02. The number of aliphatic carboxylic acids is 1. The lowest BCUT2D eigenvalue weighted by Gasteiger charge is -2.37. The molecule has 0 amide bonds. The standard InChI is InChI=1S/C26H33FN2O3/c1-18-22(16-28-23-8-6-20(24(27)15-23)7-9-25(30)31)5-4-21-3-2-12-29(26(18)21)17-19-10-13-32-14-11-19/h4-6,8,15,19,28H,2-3,7,9-14,16-17H2,1H3,(H,30,31). The fourth-order valence-electron chi connectivity index (χ4n) is 4.93. The molecule has 172 valence electrons. The Morgan fingerprint density at radius 2 is 2.00 bits per heavy atom. The summed E-state index contributed by atoms with van der Waals surface area (Å²) >= 11 is 0. The summed E-state index contributed by atoms with van der Waals surface area (Å²) in [5.41, 5.74) is 6.48. The molecule has 0 aromatic heterocycles. The van der Waals surface area contributed by atoms with E-state index in [1.807, 2.05) is 6.07 Å². The molecular weight excluding hydrogens is 407 g/mol. The number of fused-ring (bicyclic) bond motifs is 1. The fraction of sp³-hybridized carbons (Fsp3) is 0.500. The van der Waals surface area contributed by atoms with Crippen LogP contribution < -0.4 is 10.2 Å². The highest BCUT2D eigenvalue weighted by Crippen LogP contribution is 2.34. The molecule has 0 atom stereocenters. The molecule has 2 aromatic rings. The number of rotatable bonds is 8. The highest BCUT2D eigenvalue weighted by Gasteiger charge is 2.24. The molecule has 0 saturated carbocycles. The van der Waals surface area contributed by atoms with Gasteiger partial charge in [-0.1, -0.05) is 18.2 Å². The topological polar surface area (TPSA) is 61.8 Å². The van der Waals surface area contributed by atoms with E-state index in [0.717, 1.165) is 45.6 Å². The number of halogens is 1. The Balaban J connectivity index is 1.45. The van der Waals surface area contributed by atoms with Crippen LogP contribution in [0.5, 0.6) is 0 Å². The molecule has 0 aliphatic carbocycles. The second-order valence-electron chi connectivity index (χ2n) is 9.02. The first kappa shape index (κ1) is 22.6. The summed E-state index contributed by atoms with van der Waals surface area (Å²) in [5.74, 6) is -0.583. The largest absolute Gasteiger partial charge is 0.481 e. The summed E-state index contributed by atoms with van der Waals surface area (Å²) in [5, 5.41) is 12.2. The van der Waals surface area contributed by atoms with Crippen LogP contribution in [-0.4, -0.2) is 37.4 Å². The zero-order valence-corrected chi connectivity index (χ0v) is 18.8. The van der Waals surface area contributed by atoms with Gasteiger partial charge in [-0.2, -0.15) is 0 Å². The van der Waals surface area contributed by atoms with Gasteiger partial charge in [0.05, 0.1) is 0 Å². The predicted molar refractivity (Wildman–Crippen MR) is 125 cm³/mol. The zero-order chi connectivity index (χ0) is 22.5. The van der Waals surface area contributed by atoms with Gasteiger partial charge in [-0.3, -0.25) is 4.79 Å². The van der Waals surface area contributed by atoms with Gasteiger partial charge in [0.15, 0.2) is 0 Å². The summed E-state index contributed by atoms with van der Waals surface area (Å²) in [7, 11) is 0. The van der Waals surface area contributed by atoms with Gasteiger partial charge in [0.25, 0.3) is 0 Å². The molecule has 1 fully saturated rings. The molecular formula is C26H33FN2O3. The van der Waals surface area contributed by atoms with Crippen molar-refractivity contribution in [1.82, 2.24) is 0 Å². The summed E-state index contributed by atoms with van der Waals surface area (Å²) in [4.78, 5) is 13.3. The van der Waals surface area contributed by atoms with E-state index in [-0.39, 0.29) is 18.7 Å². The molecule has 6 heteroatoms. The zero-order valence-electron chi connectivity index (χ0n) is 18.8. The number of hydrogen-bond donors (Lipinski definition) is 2. The Bertz CT molecular complexity index is 956. The van der Waals surface area contributed by atoms with Crippen molar-refractivity contribution in [3.05, 3.63) is 58.4 Å². The quantitative estimate of drug-likeness (QED) is 0.609. The molecule has 2 aliphatic rings. The van der Waals surface area contributed by atoms with E-state index in [0.29, 0.717) is 23.7 Å². The smallest absolute Gasteiger partial charge is 0.303 e. The molecule has 0 unspecified atom stereocenters. The van der Waals surface area contributed by atoms with Crippen molar-refractivity contribution in [3.63, 3.8) is 0 Å². The van der Waals surface area contributed by atoms with Gasteiger partial charge >= 0.3 is 5.97 Å². The molecule has 2 aliphatic heterocycles. The molecule has 0 spiro atoms. The molecule has 0 radical (unpaired) electrons. The average Bonchev–Trinajstić information content (AvgIpc) is 2.78. The van der Waals surface area contributed by atoms with Crippen LogP contribution in [0.15, 0.2) is 30.3 Å². The minimum absolute atomic E-state index is 0.0671. The summed E-state index contributed by atoms with van der Waals surface area (Å²) in [6, 6.07) is 9.41. The number of benzene rings is 2. The van der Waals surface area contributed by atoms with E-state index in [1.54, 1.807) is 6.07 Å². The van der Waals surface area contributed by atoms with E-state index in [1.165, 1.54) is 34.9 Å². The van der Waals surface area contributed by atoms with Crippen LogP contribution in [-0.2, 0) is 28.9 Å². The van der Waals surface area contributed by atoms with Crippen molar-refractivity contribution in [2.75, 3.05) is 36.5 Å². The van der Waals surface area contributed by atoms with Gasteiger partial charge in [-0.15, -0.1) is 0 Å². The Hall–Kier alpha value is -2.60. The Morgan fingerprint density at radius 3 is 2.75 bits per heavy atom. The Labute approximate surface area is 189 Å². The Morgan fingerprint density at radius 1 is 1.22 bits per heavy atom. The maximum Gasteiger partial charge on any atom is 0.303 e. The van der Waals surface area contributed by atoms with Crippen LogP contribution >= 0.6 is 0 Å². The van der Waals surface area contributed by atoms with Crippen molar-refractivity contribution >= 4 is 17.3 Å². The lowest BCUT2D eigenvalue weighted by atomic mass is 9.92. The number of nitrogens with one attached hydrogen (secondary N) is 1. The van der Waals surface area contributed by atoms with Gasteiger partial charge in [0, 0.05) is 50.6 Å². The first-order valence-corrected chi connectivity index (χ1v) is 11.7. The predicted octanol–water partition coefficient (Wildman–Crippen LogP) is 4.94. The third-order valence-corrected chi connectivity index (χ3v) is 6.78. The minimum Gasteiger partial charge on any atom is -0.481 e.